The van der Waals surface area contributed by atoms with Gasteiger partial charge >= 0.3 is 11.9 Å². The summed E-state index contributed by atoms with van der Waals surface area (Å²) in [6, 6.07) is 1.82. The van der Waals surface area contributed by atoms with E-state index in [1.54, 1.807) is 18.6 Å². The molecule has 7 nitrogen and oxygen atoms in total. The quantitative estimate of drug-likeness (QED) is 0.368. The summed E-state index contributed by atoms with van der Waals surface area (Å²) in [4.78, 5) is 38.2. The minimum Gasteiger partial charge on any atom is -0.472 e. The molecule has 0 aromatic carbocycles. The molecule has 1 spiro atoms. The molecule has 34 heavy (non-hydrogen) atoms. The van der Waals surface area contributed by atoms with Gasteiger partial charge in [-0.05, 0) is 47.8 Å². The largest absolute Gasteiger partial charge is 0.472 e. The number of hydrogen-bond donors (Lipinski definition) is 0. The molecule has 3 heterocycles. The van der Waals surface area contributed by atoms with Crippen LogP contribution in [0.2, 0.25) is 0 Å². The number of cyclic esters (lactones) is 1. The van der Waals surface area contributed by atoms with Gasteiger partial charge in [0, 0.05) is 16.4 Å². The second-order valence-corrected chi connectivity index (χ2v) is 11.3. The monoisotopic (exact) mass is 468 g/mol. The molecule has 0 bridgehead atoms. The van der Waals surface area contributed by atoms with Gasteiger partial charge in [-0.1, -0.05) is 40.3 Å². The zero-order valence-corrected chi connectivity index (χ0v) is 20.4. The van der Waals surface area contributed by atoms with Crippen LogP contribution in [0.4, 0.5) is 0 Å². The van der Waals surface area contributed by atoms with Gasteiger partial charge in [-0.3, -0.25) is 9.59 Å². The number of hydrogen-bond acceptors (Lipinski definition) is 7. The Morgan fingerprint density at radius 1 is 1.21 bits per heavy atom. The van der Waals surface area contributed by atoms with Gasteiger partial charge in [-0.2, -0.15) is 0 Å². The zero-order chi connectivity index (χ0) is 24.7. The highest BCUT2D eigenvalue weighted by atomic mass is 16.7. The van der Waals surface area contributed by atoms with Crippen LogP contribution < -0.4 is 0 Å². The lowest BCUT2D eigenvalue weighted by Gasteiger charge is -2.56. The van der Waals surface area contributed by atoms with Crippen LogP contribution in [0.1, 0.15) is 58.6 Å². The van der Waals surface area contributed by atoms with Crippen LogP contribution >= 0.6 is 0 Å². The topological polar surface area (TPSA) is 95.3 Å². The molecule has 2 saturated heterocycles. The van der Waals surface area contributed by atoms with E-state index >= 15 is 0 Å². The second-order valence-electron chi connectivity index (χ2n) is 11.3. The maximum absolute atomic E-state index is 12.9. The van der Waals surface area contributed by atoms with Gasteiger partial charge in [0.2, 0.25) is 0 Å². The van der Waals surface area contributed by atoms with Crippen molar-refractivity contribution < 1.29 is 33.0 Å². The Kier molecular flexibility index (Phi) is 4.87. The zero-order valence-electron chi connectivity index (χ0n) is 20.4. The molecule has 7 atom stereocenters. The average Bonchev–Trinajstić information content (AvgIpc) is 3.35. The van der Waals surface area contributed by atoms with Crippen molar-refractivity contribution in [3.8, 4) is 0 Å². The molecule has 0 N–H and O–H groups in total. The van der Waals surface area contributed by atoms with E-state index in [2.05, 4.69) is 20.4 Å². The van der Waals surface area contributed by atoms with Crippen molar-refractivity contribution in [1.82, 2.24) is 0 Å². The number of esters is 2. The van der Waals surface area contributed by atoms with E-state index in [1.807, 2.05) is 26.0 Å². The highest BCUT2D eigenvalue weighted by Crippen LogP contribution is 2.72. The van der Waals surface area contributed by atoms with Gasteiger partial charge in [0.05, 0.1) is 26.1 Å². The van der Waals surface area contributed by atoms with Crippen molar-refractivity contribution in [2.24, 2.45) is 28.1 Å². The maximum Gasteiger partial charge on any atom is 0.339 e. The van der Waals surface area contributed by atoms with Gasteiger partial charge in [-0.15, -0.1) is 0 Å². The minimum absolute atomic E-state index is 0.00915. The summed E-state index contributed by atoms with van der Waals surface area (Å²) in [6.45, 7) is 12.5. The first-order valence-corrected chi connectivity index (χ1v) is 11.8. The molecular weight excluding hydrogens is 436 g/mol. The summed E-state index contributed by atoms with van der Waals surface area (Å²) in [6.07, 6.45) is 7.16. The van der Waals surface area contributed by atoms with Crippen molar-refractivity contribution in [1.29, 1.82) is 0 Å². The molecule has 182 valence electrons. The minimum atomic E-state index is -0.856. The first kappa shape index (κ1) is 23.1. The van der Waals surface area contributed by atoms with Gasteiger partial charge in [-0.25, -0.2) is 4.79 Å². The van der Waals surface area contributed by atoms with Crippen molar-refractivity contribution in [2.75, 3.05) is 7.11 Å². The molecule has 4 aliphatic rings. The number of ether oxygens (including phenoxy) is 3. The Morgan fingerprint density at radius 3 is 2.59 bits per heavy atom. The predicted molar refractivity (Wildman–Crippen MR) is 121 cm³/mol. The third-order valence-corrected chi connectivity index (χ3v) is 9.39. The van der Waals surface area contributed by atoms with Gasteiger partial charge in [0.1, 0.15) is 11.7 Å². The molecule has 3 fully saturated rings. The summed E-state index contributed by atoms with van der Waals surface area (Å²) in [5.74, 6) is -1.15. The van der Waals surface area contributed by atoms with Gasteiger partial charge in [0.15, 0.2) is 11.9 Å². The van der Waals surface area contributed by atoms with Gasteiger partial charge in [0.25, 0.3) is 0 Å². The molecule has 5 rings (SSSR count). The van der Waals surface area contributed by atoms with E-state index in [4.69, 9.17) is 18.6 Å². The summed E-state index contributed by atoms with van der Waals surface area (Å²) in [7, 11) is 1.36. The van der Waals surface area contributed by atoms with Crippen LogP contribution in [0, 0.1) is 28.1 Å². The van der Waals surface area contributed by atoms with Crippen molar-refractivity contribution in [2.45, 2.75) is 64.8 Å². The number of methoxy groups -OCH3 is 1. The molecule has 6 unspecified atom stereocenters. The number of carbonyl (C=O) groups excluding carboxylic acids is 3. The lowest BCUT2D eigenvalue weighted by molar-refractivity contribution is -0.168. The lowest BCUT2D eigenvalue weighted by atomic mass is 9.47. The molecular formula is C27H32O7. The Labute approximate surface area is 199 Å². The summed E-state index contributed by atoms with van der Waals surface area (Å²) in [5.41, 5.74) is -1.04. The van der Waals surface area contributed by atoms with E-state index in [-0.39, 0.29) is 30.0 Å². The van der Waals surface area contributed by atoms with Crippen LogP contribution in [-0.4, -0.2) is 36.5 Å². The molecule has 0 amide bonds. The summed E-state index contributed by atoms with van der Waals surface area (Å²) >= 11 is 0. The lowest BCUT2D eigenvalue weighted by Crippen LogP contribution is -2.58. The van der Waals surface area contributed by atoms with Gasteiger partial charge < -0.3 is 18.6 Å². The standard InChI is InChI=1S/C27H32O7/c1-15-17(25(4)10-8-19(28)24(2,3)18(25)13-20(29)31-6)7-11-26(5)21(16-9-12-32-14-16)33-23(30)22-27(15,26)34-22/h8-10,12,14,17-18,21-22H,1,7,11,13H2,2-6H3/t17?,18?,21?,22?,25?,26-,27?/m0/s1. The Bertz CT molecular complexity index is 1100. The van der Waals surface area contributed by atoms with E-state index in [0.29, 0.717) is 0 Å². The van der Waals surface area contributed by atoms with Crippen LogP contribution in [-0.2, 0) is 28.6 Å². The normalized spacial score (nSPS) is 42.4. The molecule has 1 aromatic heterocycles. The van der Waals surface area contributed by atoms with Crippen LogP contribution in [0.25, 0.3) is 0 Å². The van der Waals surface area contributed by atoms with Crippen molar-refractivity contribution >= 4 is 17.7 Å². The SMILES string of the molecule is C=C1C(C2(C)C=CC(=O)C(C)(C)C2CC(=O)OC)CC[C@@]2(C)C(c3ccoc3)OC(=O)C3OC132. The first-order valence-electron chi connectivity index (χ1n) is 11.8. The first-order chi connectivity index (χ1) is 15.9. The fourth-order valence-corrected chi connectivity index (χ4v) is 7.27. The van der Waals surface area contributed by atoms with Crippen molar-refractivity contribution in [3.05, 3.63) is 48.5 Å². The van der Waals surface area contributed by atoms with Crippen molar-refractivity contribution in [3.63, 3.8) is 0 Å². The second kappa shape index (κ2) is 7.17. The van der Waals surface area contributed by atoms with E-state index < -0.39 is 40.0 Å². The number of ketones is 1. The molecule has 1 aromatic rings. The number of carbonyl (C=O) groups is 3. The number of furan rings is 1. The maximum atomic E-state index is 12.9. The molecule has 1 saturated carbocycles. The fourth-order valence-electron chi connectivity index (χ4n) is 7.27. The van der Waals surface area contributed by atoms with Crippen LogP contribution in [0.3, 0.4) is 0 Å². The molecule has 2 aliphatic carbocycles. The number of allylic oxidation sites excluding steroid dienone is 2. The number of rotatable bonds is 4. The molecule has 7 heteroatoms. The highest BCUT2D eigenvalue weighted by molar-refractivity contribution is 5.96. The van der Waals surface area contributed by atoms with E-state index in [1.165, 1.54) is 7.11 Å². The van der Waals surface area contributed by atoms with Crippen LogP contribution in [0.15, 0.2) is 47.3 Å². The molecule has 0 radical (unpaired) electrons. The fraction of sp³-hybridized carbons (Fsp3) is 0.593. The average molecular weight is 469 g/mol. The Morgan fingerprint density at radius 2 is 1.94 bits per heavy atom. The van der Waals surface area contributed by atoms with E-state index in [0.717, 1.165) is 24.0 Å². The van der Waals surface area contributed by atoms with E-state index in [9.17, 15) is 14.4 Å². The smallest absolute Gasteiger partial charge is 0.339 e. The highest BCUT2D eigenvalue weighted by Gasteiger charge is 2.80. The summed E-state index contributed by atoms with van der Waals surface area (Å²) in [5, 5.41) is 0. The third-order valence-electron chi connectivity index (χ3n) is 9.39. The Balaban J connectivity index is 1.57. The molecule has 2 aliphatic heterocycles. The van der Waals surface area contributed by atoms with Crippen LogP contribution in [0.5, 0.6) is 0 Å². The Hall–Kier alpha value is -2.67. The number of epoxide rings is 1. The predicted octanol–water partition coefficient (Wildman–Crippen LogP) is 4.34. The summed E-state index contributed by atoms with van der Waals surface area (Å²) < 4.78 is 22.4. The third kappa shape index (κ3) is 2.76.